The first kappa shape index (κ1) is 12.2. The van der Waals surface area contributed by atoms with Gasteiger partial charge in [0.1, 0.15) is 0 Å². The van der Waals surface area contributed by atoms with Gasteiger partial charge in [0, 0.05) is 24.7 Å². The molecule has 1 atom stereocenters. The average Bonchev–Trinajstić information content (AvgIpc) is 2.31. The normalized spacial score (nSPS) is 21.6. The van der Waals surface area contributed by atoms with Gasteiger partial charge in [-0.3, -0.25) is 0 Å². The summed E-state index contributed by atoms with van der Waals surface area (Å²) in [6.07, 6.45) is 2.38. The number of phenols is 2. The van der Waals surface area contributed by atoms with Gasteiger partial charge in [-0.05, 0) is 32.5 Å². The molecule has 0 radical (unpaired) electrons. The molecule has 4 heteroatoms. The Labute approximate surface area is 102 Å². The number of nitrogens with zero attached hydrogens (tertiary/aromatic N) is 1. The predicted octanol–water partition coefficient (Wildman–Crippen LogP) is 1.28. The lowest BCUT2D eigenvalue weighted by molar-refractivity contribution is 0.226. The molecule has 4 nitrogen and oxygen atoms in total. The van der Waals surface area contributed by atoms with Crippen LogP contribution in [0.2, 0.25) is 0 Å². The molecule has 0 aromatic heterocycles. The number of rotatable bonds is 3. The fourth-order valence-electron chi connectivity index (χ4n) is 2.31. The van der Waals surface area contributed by atoms with Crippen molar-refractivity contribution in [2.75, 3.05) is 20.1 Å². The van der Waals surface area contributed by atoms with Gasteiger partial charge in [-0.1, -0.05) is 12.1 Å². The van der Waals surface area contributed by atoms with Gasteiger partial charge in [0.25, 0.3) is 0 Å². The second kappa shape index (κ2) is 5.38. The minimum absolute atomic E-state index is 0.0100. The third-order valence-electron chi connectivity index (χ3n) is 3.30. The monoisotopic (exact) mass is 236 g/mol. The first-order valence-electron chi connectivity index (χ1n) is 6.08. The molecule has 2 rings (SSSR count). The van der Waals surface area contributed by atoms with Crippen LogP contribution < -0.4 is 5.32 Å². The van der Waals surface area contributed by atoms with Crippen molar-refractivity contribution in [1.29, 1.82) is 0 Å². The molecule has 17 heavy (non-hydrogen) atoms. The van der Waals surface area contributed by atoms with Gasteiger partial charge >= 0.3 is 0 Å². The number of hydrogen-bond acceptors (Lipinski definition) is 4. The summed E-state index contributed by atoms with van der Waals surface area (Å²) in [5.74, 6) is -0.0609. The minimum Gasteiger partial charge on any atom is -0.504 e. The lowest BCUT2D eigenvalue weighted by Gasteiger charge is -2.30. The molecule has 1 unspecified atom stereocenters. The smallest absolute Gasteiger partial charge is 0.161 e. The van der Waals surface area contributed by atoms with Crippen LogP contribution in [0.25, 0.3) is 0 Å². The van der Waals surface area contributed by atoms with E-state index in [1.165, 1.54) is 18.9 Å². The Bertz CT molecular complexity index is 382. The molecule has 1 heterocycles. The highest BCUT2D eigenvalue weighted by molar-refractivity contribution is 5.44. The van der Waals surface area contributed by atoms with E-state index in [2.05, 4.69) is 17.3 Å². The topological polar surface area (TPSA) is 55.7 Å². The van der Waals surface area contributed by atoms with E-state index in [0.717, 1.165) is 18.7 Å². The zero-order valence-electron chi connectivity index (χ0n) is 10.2. The van der Waals surface area contributed by atoms with Crippen molar-refractivity contribution in [3.05, 3.63) is 23.8 Å². The molecular weight excluding hydrogens is 216 g/mol. The summed E-state index contributed by atoms with van der Waals surface area (Å²) < 4.78 is 0. The van der Waals surface area contributed by atoms with Crippen LogP contribution in [0.5, 0.6) is 11.5 Å². The van der Waals surface area contributed by atoms with Crippen molar-refractivity contribution in [3.8, 4) is 11.5 Å². The number of likely N-dealkylation sites (N-methyl/N-ethyl adjacent to an activating group) is 1. The predicted molar refractivity (Wildman–Crippen MR) is 67.1 cm³/mol. The number of phenolic OH excluding ortho intramolecular Hbond substituents is 2. The van der Waals surface area contributed by atoms with Gasteiger partial charge in [0.05, 0.1) is 0 Å². The van der Waals surface area contributed by atoms with Gasteiger partial charge < -0.3 is 20.4 Å². The number of aromatic hydroxyl groups is 2. The van der Waals surface area contributed by atoms with Crippen LogP contribution in [-0.4, -0.2) is 41.3 Å². The maximum atomic E-state index is 9.68. The van der Waals surface area contributed by atoms with Crippen LogP contribution in [0, 0.1) is 0 Å². The fraction of sp³-hybridized carbons (Fsp3) is 0.538. The molecule has 3 N–H and O–H groups in total. The van der Waals surface area contributed by atoms with Gasteiger partial charge in [0.2, 0.25) is 0 Å². The van der Waals surface area contributed by atoms with Gasteiger partial charge in [0.15, 0.2) is 11.5 Å². The van der Waals surface area contributed by atoms with E-state index in [1.54, 1.807) is 6.07 Å². The van der Waals surface area contributed by atoms with E-state index in [4.69, 9.17) is 0 Å². The third-order valence-corrected chi connectivity index (χ3v) is 3.30. The van der Waals surface area contributed by atoms with Crippen LogP contribution >= 0.6 is 0 Å². The summed E-state index contributed by atoms with van der Waals surface area (Å²) in [6, 6.07) is 5.54. The second-order valence-electron chi connectivity index (χ2n) is 4.77. The summed E-state index contributed by atoms with van der Waals surface area (Å²) in [5, 5.41) is 22.5. The summed E-state index contributed by atoms with van der Waals surface area (Å²) in [4.78, 5) is 2.31. The Morgan fingerprint density at radius 2 is 2.24 bits per heavy atom. The van der Waals surface area contributed by atoms with E-state index in [1.807, 2.05) is 6.07 Å². The van der Waals surface area contributed by atoms with Crippen LogP contribution in [0.4, 0.5) is 0 Å². The molecule has 1 aromatic carbocycles. The molecule has 1 fully saturated rings. The average molecular weight is 236 g/mol. The molecular formula is C13H20N2O2. The fourth-order valence-corrected chi connectivity index (χ4v) is 2.31. The number of benzene rings is 1. The number of para-hydroxylation sites is 1. The molecule has 0 aliphatic carbocycles. The third kappa shape index (κ3) is 3.11. The van der Waals surface area contributed by atoms with E-state index in [9.17, 15) is 10.2 Å². The number of likely N-dealkylation sites (tertiary alicyclic amines) is 1. The Morgan fingerprint density at radius 1 is 1.41 bits per heavy atom. The van der Waals surface area contributed by atoms with Gasteiger partial charge in [-0.25, -0.2) is 0 Å². The number of hydrogen-bond donors (Lipinski definition) is 3. The molecule has 0 bridgehead atoms. The van der Waals surface area contributed by atoms with Crippen molar-refractivity contribution in [3.63, 3.8) is 0 Å². The van der Waals surface area contributed by atoms with Gasteiger partial charge in [-0.2, -0.15) is 0 Å². The number of piperidine rings is 1. The molecule has 1 aliphatic rings. The highest BCUT2D eigenvalue weighted by Gasteiger charge is 2.17. The second-order valence-corrected chi connectivity index (χ2v) is 4.77. The lowest BCUT2D eigenvalue weighted by atomic mass is 10.1. The summed E-state index contributed by atoms with van der Waals surface area (Å²) in [7, 11) is 2.12. The SMILES string of the molecule is CN1CCCC(NCc2cccc(O)c2O)C1. The summed E-state index contributed by atoms with van der Waals surface area (Å²) in [5.41, 5.74) is 0.748. The summed E-state index contributed by atoms with van der Waals surface area (Å²) >= 11 is 0. The molecule has 94 valence electrons. The molecule has 0 saturated carbocycles. The Hall–Kier alpha value is -1.26. The Morgan fingerprint density at radius 3 is 3.00 bits per heavy atom. The zero-order chi connectivity index (χ0) is 12.3. The van der Waals surface area contributed by atoms with Crippen LogP contribution in [0.3, 0.4) is 0 Å². The van der Waals surface area contributed by atoms with E-state index < -0.39 is 0 Å². The zero-order valence-corrected chi connectivity index (χ0v) is 10.2. The standard InChI is InChI=1S/C13H20N2O2/c1-15-7-3-5-11(9-15)14-8-10-4-2-6-12(16)13(10)17/h2,4,6,11,14,16-17H,3,5,7-9H2,1H3. The molecule has 1 aromatic rings. The maximum Gasteiger partial charge on any atom is 0.161 e. The van der Waals surface area contributed by atoms with Crippen LogP contribution in [-0.2, 0) is 6.54 Å². The molecule has 1 aliphatic heterocycles. The Balaban J connectivity index is 1.91. The Kier molecular flexibility index (Phi) is 3.86. The molecule has 0 amide bonds. The van der Waals surface area contributed by atoms with Crippen molar-refractivity contribution in [2.24, 2.45) is 0 Å². The van der Waals surface area contributed by atoms with E-state index in [0.29, 0.717) is 12.6 Å². The van der Waals surface area contributed by atoms with Crippen molar-refractivity contribution < 1.29 is 10.2 Å². The summed E-state index contributed by atoms with van der Waals surface area (Å²) in [6.45, 7) is 2.80. The van der Waals surface area contributed by atoms with Crippen molar-refractivity contribution in [2.45, 2.75) is 25.4 Å². The van der Waals surface area contributed by atoms with Crippen molar-refractivity contribution >= 4 is 0 Å². The van der Waals surface area contributed by atoms with Crippen molar-refractivity contribution in [1.82, 2.24) is 10.2 Å². The highest BCUT2D eigenvalue weighted by Crippen LogP contribution is 2.28. The minimum atomic E-state index is -0.0509. The largest absolute Gasteiger partial charge is 0.504 e. The first-order chi connectivity index (χ1) is 8.16. The lowest BCUT2D eigenvalue weighted by Crippen LogP contribution is -2.43. The maximum absolute atomic E-state index is 9.68. The van der Waals surface area contributed by atoms with Crippen LogP contribution in [0.1, 0.15) is 18.4 Å². The highest BCUT2D eigenvalue weighted by atomic mass is 16.3. The molecule has 0 spiro atoms. The van der Waals surface area contributed by atoms with E-state index in [-0.39, 0.29) is 11.5 Å². The number of nitrogens with one attached hydrogen (secondary N) is 1. The first-order valence-corrected chi connectivity index (χ1v) is 6.08. The molecule has 1 saturated heterocycles. The van der Waals surface area contributed by atoms with Gasteiger partial charge in [-0.15, -0.1) is 0 Å². The van der Waals surface area contributed by atoms with E-state index >= 15 is 0 Å². The quantitative estimate of drug-likeness (QED) is 0.692. The van der Waals surface area contributed by atoms with Crippen LogP contribution in [0.15, 0.2) is 18.2 Å².